The second-order valence-corrected chi connectivity index (χ2v) is 6.37. The van der Waals surface area contributed by atoms with Gasteiger partial charge in [0.05, 0.1) is 11.6 Å². The Hall–Kier alpha value is -2.61. The summed E-state index contributed by atoms with van der Waals surface area (Å²) in [6.45, 7) is 1.97. The maximum absolute atomic E-state index is 9.01. The minimum Gasteiger partial charge on any atom is -0.351 e. The van der Waals surface area contributed by atoms with Crippen molar-refractivity contribution < 1.29 is 0 Å². The van der Waals surface area contributed by atoms with E-state index in [0.29, 0.717) is 17.6 Å². The van der Waals surface area contributed by atoms with Crippen LogP contribution in [-0.2, 0) is 0 Å². The molecule has 24 heavy (non-hydrogen) atoms. The Kier molecular flexibility index (Phi) is 5.27. The number of nitrogens with zero attached hydrogens (tertiary/aromatic N) is 3. The van der Waals surface area contributed by atoms with E-state index in [1.54, 1.807) is 6.07 Å². The summed E-state index contributed by atoms with van der Waals surface area (Å²) in [5.74, 6) is 1.43. The largest absolute Gasteiger partial charge is 0.351 e. The van der Waals surface area contributed by atoms with E-state index in [1.807, 2.05) is 31.2 Å². The number of aryl methyl sites for hydroxylation is 1. The predicted octanol–water partition coefficient (Wildman–Crippen LogP) is 4.54. The highest BCUT2D eigenvalue weighted by atomic mass is 15.2. The summed E-state index contributed by atoms with van der Waals surface area (Å²) in [6, 6.07) is 11.9. The van der Waals surface area contributed by atoms with Gasteiger partial charge in [-0.1, -0.05) is 31.7 Å². The SMILES string of the molecule is Cc1cc(Nc2cccc(C#N)c2)nc(NC2CCCCCC2)n1. The molecule has 1 heterocycles. The molecule has 0 aliphatic heterocycles. The van der Waals surface area contributed by atoms with Crippen LogP contribution in [0.15, 0.2) is 30.3 Å². The van der Waals surface area contributed by atoms with Crippen LogP contribution in [0.1, 0.15) is 49.8 Å². The lowest BCUT2D eigenvalue weighted by Crippen LogP contribution is -2.20. The zero-order valence-corrected chi connectivity index (χ0v) is 14.0. The van der Waals surface area contributed by atoms with E-state index in [0.717, 1.165) is 17.2 Å². The molecule has 1 aliphatic rings. The standard InChI is InChI=1S/C19H23N5/c1-14-11-18(22-17-10-6-7-15(12-17)13-20)24-19(21-14)23-16-8-4-2-3-5-9-16/h6-7,10-12,16H,2-5,8-9H2,1H3,(H2,21,22,23,24). The number of anilines is 3. The first kappa shape index (κ1) is 16.3. The number of rotatable bonds is 4. The Morgan fingerprint density at radius 3 is 2.62 bits per heavy atom. The van der Waals surface area contributed by atoms with Crippen molar-refractivity contribution in [1.82, 2.24) is 9.97 Å². The second-order valence-electron chi connectivity index (χ2n) is 6.37. The summed E-state index contributed by atoms with van der Waals surface area (Å²) in [5.41, 5.74) is 2.40. The van der Waals surface area contributed by atoms with Crippen molar-refractivity contribution >= 4 is 17.5 Å². The number of nitriles is 1. The van der Waals surface area contributed by atoms with Gasteiger partial charge >= 0.3 is 0 Å². The van der Waals surface area contributed by atoms with E-state index in [-0.39, 0.29) is 0 Å². The average Bonchev–Trinajstić information content (AvgIpc) is 2.83. The zero-order valence-electron chi connectivity index (χ0n) is 14.0. The molecule has 1 aliphatic carbocycles. The molecule has 3 rings (SSSR count). The summed E-state index contributed by atoms with van der Waals surface area (Å²) in [6.07, 6.45) is 7.57. The molecule has 2 aromatic rings. The van der Waals surface area contributed by atoms with E-state index >= 15 is 0 Å². The van der Waals surface area contributed by atoms with E-state index in [4.69, 9.17) is 5.26 Å². The van der Waals surface area contributed by atoms with Crippen molar-refractivity contribution in [3.63, 3.8) is 0 Å². The molecule has 0 unspecified atom stereocenters. The molecule has 0 spiro atoms. The van der Waals surface area contributed by atoms with Crippen molar-refractivity contribution in [2.45, 2.75) is 51.5 Å². The summed E-state index contributed by atoms with van der Waals surface area (Å²) in [7, 11) is 0. The Morgan fingerprint density at radius 1 is 1.08 bits per heavy atom. The Labute approximate surface area is 143 Å². The molecule has 0 atom stereocenters. The molecule has 0 radical (unpaired) electrons. The van der Waals surface area contributed by atoms with Crippen LogP contribution in [0.3, 0.4) is 0 Å². The fourth-order valence-corrected chi connectivity index (χ4v) is 3.12. The van der Waals surface area contributed by atoms with E-state index < -0.39 is 0 Å². The Balaban J connectivity index is 1.74. The highest BCUT2D eigenvalue weighted by molar-refractivity contribution is 5.59. The van der Waals surface area contributed by atoms with Crippen molar-refractivity contribution in [2.24, 2.45) is 0 Å². The number of hydrogen-bond donors (Lipinski definition) is 2. The third-order valence-electron chi connectivity index (χ3n) is 4.31. The first-order valence-electron chi connectivity index (χ1n) is 8.62. The van der Waals surface area contributed by atoms with Crippen LogP contribution < -0.4 is 10.6 Å². The summed E-state index contributed by atoms with van der Waals surface area (Å²) in [4.78, 5) is 9.11. The average molecular weight is 321 g/mol. The van der Waals surface area contributed by atoms with Gasteiger partial charge in [0.1, 0.15) is 5.82 Å². The van der Waals surface area contributed by atoms with Crippen molar-refractivity contribution in [1.29, 1.82) is 5.26 Å². The smallest absolute Gasteiger partial charge is 0.225 e. The lowest BCUT2D eigenvalue weighted by molar-refractivity contribution is 0.614. The van der Waals surface area contributed by atoms with Gasteiger partial charge in [-0.3, -0.25) is 0 Å². The lowest BCUT2D eigenvalue weighted by atomic mass is 10.1. The molecule has 1 saturated carbocycles. The minimum atomic E-state index is 0.462. The van der Waals surface area contributed by atoms with Crippen molar-refractivity contribution in [3.05, 3.63) is 41.6 Å². The highest BCUT2D eigenvalue weighted by Crippen LogP contribution is 2.22. The molecular weight excluding hydrogens is 298 g/mol. The van der Waals surface area contributed by atoms with Crippen LogP contribution in [0.2, 0.25) is 0 Å². The molecule has 2 N–H and O–H groups in total. The molecule has 0 bridgehead atoms. The fraction of sp³-hybridized carbons (Fsp3) is 0.421. The third kappa shape index (κ3) is 4.45. The predicted molar refractivity (Wildman–Crippen MR) is 96.3 cm³/mol. The van der Waals surface area contributed by atoms with Crippen molar-refractivity contribution in [3.8, 4) is 6.07 Å². The molecule has 1 aromatic heterocycles. The topological polar surface area (TPSA) is 73.6 Å². The van der Waals surface area contributed by atoms with Crippen LogP contribution in [0, 0.1) is 18.3 Å². The van der Waals surface area contributed by atoms with Gasteiger partial charge in [0.2, 0.25) is 5.95 Å². The third-order valence-corrected chi connectivity index (χ3v) is 4.31. The van der Waals surface area contributed by atoms with E-state index in [9.17, 15) is 0 Å². The molecule has 5 heteroatoms. The van der Waals surface area contributed by atoms with Crippen LogP contribution in [0.4, 0.5) is 17.5 Å². The minimum absolute atomic E-state index is 0.462. The van der Waals surface area contributed by atoms with Gasteiger partial charge < -0.3 is 10.6 Å². The van der Waals surface area contributed by atoms with Crippen LogP contribution >= 0.6 is 0 Å². The first-order chi connectivity index (χ1) is 11.7. The van der Waals surface area contributed by atoms with Gasteiger partial charge in [-0.2, -0.15) is 10.2 Å². The van der Waals surface area contributed by atoms with Crippen LogP contribution in [0.5, 0.6) is 0 Å². The molecule has 124 valence electrons. The molecule has 0 saturated heterocycles. The van der Waals surface area contributed by atoms with E-state index in [1.165, 1.54) is 38.5 Å². The van der Waals surface area contributed by atoms with E-state index in [2.05, 4.69) is 26.7 Å². The molecular formula is C19H23N5. The van der Waals surface area contributed by atoms with Gasteiger partial charge in [0.25, 0.3) is 0 Å². The quantitative estimate of drug-likeness (QED) is 0.809. The zero-order chi connectivity index (χ0) is 16.8. The van der Waals surface area contributed by atoms with Gasteiger partial charge in [0.15, 0.2) is 0 Å². The van der Waals surface area contributed by atoms with Gasteiger partial charge in [0, 0.05) is 23.5 Å². The van der Waals surface area contributed by atoms with Gasteiger partial charge in [-0.15, -0.1) is 0 Å². The van der Waals surface area contributed by atoms with Gasteiger partial charge in [-0.05, 0) is 38.0 Å². The van der Waals surface area contributed by atoms with Crippen LogP contribution in [-0.4, -0.2) is 16.0 Å². The Bertz CT molecular complexity index is 727. The number of hydrogen-bond acceptors (Lipinski definition) is 5. The summed E-state index contributed by atoms with van der Waals surface area (Å²) < 4.78 is 0. The van der Waals surface area contributed by atoms with Gasteiger partial charge in [-0.25, -0.2) is 4.98 Å². The number of aromatic nitrogens is 2. The summed E-state index contributed by atoms with van der Waals surface area (Å²) in [5, 5.41) is 15.8. The lowest BCUT2D eigenvalue weighted by Gasteiger charge is -2.17. The molecule has 0 amide bonds. The second kappa shape index (κ2) is 7.78. The normalized spacial score (nSPS) is 15.3. The Morgan fingerprint density at radius 2 is 1.88 bits per heavy atom. The monoisotopic (exact) mass is 321 g/mol. The maximum atomic E-state index is 9.01. The number of benzene rings is 1. The van der Waals surface area contributed by atoms with Crippen molar-refractivity contribution in [2.75, 3.05) is 10.6 Å². The molecule has 1 aromatic carbocycles. The maximum Gasteiger partial charge on any atom is 0.225 e. The first-order valence-corrected chi connectivity index (χ1v) is 8.62. The number of nitrogens with one attached hydrogen (secondary N) is 2. The fourth-order valence-electron chi connectivity index (χ4n) is 3.12. The van der Waals surface area contributed by atoms with Crippen LogP contribution in [0.25, 0.3) is 0 Å². The molecule has 5 nitrogen and oxygen atoms in total. The highest BCUT2D eigenvalue weighted by Gasteiger charge is 2.13. The summed E-state index contributed by atoms with van der Waals surface area (Å²) >= 11 is 0. The molecule has 1 fully saturated rings.